The Morgan fingerprint density at radius 1 is 1.39 bits per heavy atom. The molecule has 0 bridgehead atoms. The zero-order valence-electron chi connectivity index (χ0n) is 10.5. The number of hydrogen-bond acceptors (Lipinski definition) is 3. The number of aliphatic hydroxyl groups excluding tert-OH is 1. The Labute approximate surface area is 111 Å². The second-order valence-corrected chi connectivity index (χ2v) is 6.01. The van der Waals surface area contributed by atoms with Crippen molar-refractivity contribution in [3.05, 3.63) is 51.5 Å². The molecule has 3 rings (SSSR count). The first-order chi connectivity index (χ1) is 8.75. The SMILES string of the molecule is CC(O)c1cnc(C2CCCc3ccccc32)s1. The lowest BCUT2D eigenvalue weighted by Gasteiger charge is -2.23. The van der Waals surface area contributed by atoms with Gasteiger partial charge in [0.1, 0.15) is 5.01 Å². The zero-order chi connectivity index (χ0) is 12.5. The molecular weight excluding hydrogens is 242 g/mol. The summed E-state index contributed by atoms with van der Waals surface area (Å²) in [6.07, 6.45) is 4.99. The van der Waals surface area contributed by atoms with E-state index in [9.17, 15) is 5.11 Å². The maximum Gasteiger partial charge on any atom is 0.100 e. The van der Waals surface area contributed by atoms with E-state index in [4.69, 9.17) is 0 Å². The molecule has 2 aromatic rings. The molecule has 3 heteroatoms. The highest BCUT2D eigenvalue weighted by atomic mass is 32.1. The summed E-state index contributed by atoms with van der Waals surface area (Å²) in [7, 11) is 0. The molecular formula is C15H17NOS. The molecule has 0 spiro atoms. The van der Waals surface area contributed by atoms with Crippen LogP contribution in [0, 0.1) is 0 Å². The van der Waals surface area contributed by atoms with Gasteiger partial charge in [-0.2, -0.15) is 0 Å². The van der Waals surface area contributed by atoms with E-state index >= 15 is 0 Å². The largest absolute Gasteiger partial charge is 0.388 e. The van der Waals surface area contributed by atoms with Gasteiger partial charge < -0.3 is 5.11 Å². The smallest absolute Gasteiger partial charge is 0.100 e. The second-order valence-electron chi connectivity index (χ2n) is 4.92. The fourth-order valence-electron chi connectivity index (χ4n) is 2.67. The third kappa shape index (κ3) is 2.08. The van der Waals surface area contributed by atoms with E-state index in [1.54, 1.807) is 18.3 Å². The fraction of sp³-hybridized carbons (Fsp3) is 0.400. The normalized spacial score (nSPS) is 20.4. The van der Waals surface area contributed by atoms with Crippen LogP contribution in [0.25, 0.3) is 0 Å². The molecule has 94 valence electrons. The van der Waals surface area contributed by atoms with Gasteiger partial charge >= 0.3 is 0 Å². The van der Waals surface area contributed by atoms with Crippen molar-refractivity contribution in [1.82, 2.24) is 4.98 Å². The summed E-state index contributed by atoms with van der Waals surface area (Å²) in [6.45, 7) is 1.80. The van der Waals surface area contributed by atoms with Crippen molar-refractivity contribution in [3.63, 3.8) is 0 Å². The van der Waals surface area contributed by atoms with Crippen LogP contribution >= 0.6 is 11.3 Å². The van der Waals surface area contributed by atoms with Crippen molar-refractivity contribution < 1.29 is 5.11 Å². The molecule has 1 aliphatic carbocycles. The van der Waals surface area contributed by atoms with Crippen LogP contribution in [0.3, 0.4) is 0 Å². The number of rotatable bonds is 2. The van der Waals surface area contributed by atoms with Gasteiger partial charge in [-0.25, -0.2) is 4.98 Å². The molecule has 18 heavy (non-hydrogen) atoms. The van der Waals surface area contributed by atoms with Crippen LogP contribution in [0.5, 0.6) is 0 Å². The summed E-state index contributed by atoms with van der Waals surface area (Å²) in [4.78, 5) is 5.48. The predicted molar refractivity (Wildman–Crippen MR) is 74.0 cm³/mol. The van der Waals surface area contributed by atoms with Crippen molar-refractivity contribution in [2.24, 2.45) is 0 Å². The summed E-state index contributed by atoms with van der Waals surface area (Å²) in [5.41, 5.74) is 2.89. The summed E-state index contributed by atoms with van der Waals surface area (Å²) in [5.74, 6) is 0.424. The molecule has 2 nitrogen and oxygen atoms in total. The highest BCUT2D eigenvalue weighted by Gasteiger charge is 2.24. The van der Waals surface area contributed by atoms with Crippen molar-refractivity contribution in [3.8, 4) is 0 Å². The van der Waals surface area contributed by atoms with Gasteiger partial charge in [0.25, 0.3) is 0 Å². The number of nitrogens with zero attached hydrogens (tertiary/aromatic N) is 1. The molecule has 2 atom stereocenters. The van der Waals surface area contributed by atoms with Gasteiger partial charge in [0.15, 0.2) is 0 Å². The highest BCUT2D eigenvalue weighted by Crippen LogP contribution is 2.38. The zero-order valence-corrected chi connectivity index (χ0v) is 11.3. The number of thiazole rings is 1. The van der Waals surface area contributed by atoms with E-state index < -0.39 is 6.10 Å². The minimum absolute atomic E-state index is 0.407. The van der Waals surface area contributed by atoms with Crippen molar-refractivity contribution in [2.75, 3.05) is 0 Å². The van der Waals surface area contributed by atoms with Crippen molar-refractivity contribution in [1.29, 1.82) is 0 Å². The molecule has 1 aromatic carbocycles. The molecule has 1 N–H and O–H groups in total. The first-order valence-electron chi connectivity index (χ1n) is 6.47. The molecule has 1 heterocycles. The quantitative estimate of drug-likeness (QED) is 0.892. The first-order valence-corrected chi connectivity index (χ1v) is 7.29. The minimum atomic E-state index is -0.407. The Morgan fingerprint density at radius 2 is 2.22 bits per heavy atom. The molecule has 2 unspecified atom stereocenters. The van der Waals surface area contributed by atoms with Crippen LogP contribution in [0.4, 0.5) is 0 Å². The average Bonchev–Trinajstić information content (AvgIpc) is 2.87. The summed E-state index contributed by atoms with van der Waals surface area (Å²) in [6, 6.07) is 8.68. The van der Waals surface area contributed by atoms with E-state index in [1.165, 1.54) is 30.4 Å². The molecule has 0 saturated heterocycles. The molecule has 0 radical (unpaired) electrons. The Morgan fingerprint density at radius 3 is 3.00 bits per heavy atom. The third-order valence-electron chi connectivity index (χ3n) is 3.62. The lowest BCUT2D eigenvalue weighted by Crippen LogP contribution is -2.10. The first kappa shape index (κ1) is 11.9. The number of aromatic nitrogens is 1. The second kappa shape index (κ2) is 4.82. The topological polar surface area (TPSA) is 33.1 Å². The van der Waals surface area contributed by atoms with E-state index in [2.05, 4.69) is 29.2 Å². The number of aryl methyl sites for hydroxylation is 1. The molecule has 1 aromatic heterocycles. The van der Waals surface area contributed by atoms with Gasteiger partial charge in [-0.05, 0) is 37.3 Å². The molecule has 0 saturated carbocycles. The lowest BCUT2D eigenvalue weighted by molar-refractivity contribution is 0.203. The van der Waals surface area contributed by atoms with Gasteiger partial charge in [0.2, 0.25) is 0 Å². The highest BCUT2D eigenvalue weighted by molar-refractivity contribution is 7.11. The Balaban J connectivity index is 1.97. The number of hydrogen-bond donors (Lipinski definition) is 1. The van der Waals surface area contributed by atoms with Crippen molar-refractivity contribution in [2.45, 2.75) is 38.2 Å². The van der Waals surface area contributed by atoms with Gasteiger partial charge in [-0.1, -0.05) is 24.3 Å². The van der Waals surface area contributed by atoms with Gasteiger partial charge in [0, 0.05) is 12.1 Å². The Bertz CT molecular complexity index is 547. The van der Waals surface area contributed by atoms with Crippen LogP contribution in [-0.2, 0) is 6.42 Å². The van der Waals surface area contributed by atoms with Crippen LogP contribution in [-0.4, -0.2) is 10.1 Å². The van der Waals surface area contributed by atoms with Gasteiger partial charge in [-0.3, -0.25) is 0 Å². The maximum atomic E-state index is 9.60. The third-order valence-corrected chi connectivity index (χ3v) is 4.90. The molecule has 0 amide bonds. The Kier molecular flexibility index (Phi) is 3.18. The number of aliphatic hydroxyl groups is 1. The predicted octanol–water partition coefficient (Wildman–Crippen LogP) is 3.66. The maximum absolute atomic E-state index is 9.60. The van der Waals surface area contributed by atoms with Crippen LogP contribution in [0.15, 0.2) is 30.5 Å². The Hall–Kier alpha value is -1.19. The summed E-state index contributed by atoms with van der Waals surface area (Å²) >= 11 is 1.65. The summed E-state index contributed by atoms with van der Waals surface area (Å²) in [5, 5.41) is 10.8. The van der Waals surface area contributed by atoms with Crippen LogP contribution in [0.2, 0.25) is 0 Å². The molecule has 1 aliphatic rings. The van der Waals surface area contributed by atoms with Crippen LogP contribution in [0.1, 0.15) is 52.8 Å². The lowest BCUT2D eigenvalue weighted by atomic mass is 9.83. The minimum Gasteiger partial charge on any atom is -0.388 e. The number of fused-ring (bicyclic) bond motifs is 1. The van der Waals surface area contributed by atoms with Crippen molar-refractivity contribution >= 4 is 11.3 Å². The fourth-order valence-corrected chi connectivity index (χ4v) is 3.68. The van der Waals surface area contributed by atoms with Gasteiger partial charge in [0.05, 0.1) is 11.0 Å². The average molecular weight is 259 g/mol. The summed E-state index contributed by atoms with van der Waals surface area (Å²) < 4.78 is 0. The van der Waals surface area contributed by atoms with E-state index in [1.807, 2.05) is 6.20 Å². The molecule has 0 aliphatic heterocycles. The van der Waals surface area contributed by atoms with E-state index in [0.29, 0.717) is 5.92 Å². The van der Waals surface area contributed by atoms with E-state index in [-0.39, 0.29) is 0 Å². The monoisotopic (exact) mass is 259 g/mol. The molecule has 0 fully saturated rings. The standard InChI is InChI=1S/C15H17NOS/c1-10(17)14-9-16-15(18-14)13-8-4-6-11-5-2-3-7-12(11)13/h2-3,5,7,9-10,13,17H,4,6,8H2,1H3. The van der Waals surface area contributed by atoms with Crippen LogP contribution < -0.4 is 0 Å². The number of benzene rings is 1. The van der Waals surface area contributed by atoms with E-state index in [0.717, 1.165) is 9.88 Å². The van der Waals surface area contributed by atoms with Gasteiger partial charge in [-0.15, -0.1) is 11.3 Å².